The van der Waals surface area contributed by atoms with E-state index in [2.05, 4.69) is 15.7 Å². The number of halogens is 1. The fourth-order valence-electron chi connectivity index (χ4n) is 2.77. The van der Waals surface area contributed by atoms with E-state index in [-0.39, 0.29) is 11.6 Å². The van der Waals surface area contributed by atoms with Gasteiger partial charge in [0.25, 0.3) is 5.56 Å². The molecule has 24 heavy (non-hydrogen) atoms. The van der Waals surface area contributed by atoms with E-state index in [9.17, 15) is 9.59 Å². The summed E-state index contributed by atoms with van der Waals surface area (Å²) >= 11 is 5.99. The number of rotatable bonds is 4. The molecule has 0 atom stereocenters. The van der Waals surface area contributed by atoms with Crippen LogP contribution >= 0.6 is 11.6 Å². The first-order chi connectivity index (χ1) is 11.6. The summed E-state index contributed by atoms with van der Waals surface area (Å²) in [5.41, 5.74) is 2.48. The number of anilines is 1. The highest BCUT2D eigenvalue weighted by molar-refractivity contribution is 6.33. The molecular weight excluding hydrogens is 328 g/mol. The minimum absolute atomic E-state index is 0.121. The fourth-order valence-corrected chi connectivity index (χ4v) is 2.95. The molecule has 0 fully saturated rings. The lowest BCUT2D eigenvalue weighted by Gasteiger charge is -2.16. The van der Waals surface area contributed by atoms with Crippen LogP contribution in [0, 0.1) is 0 Å². The van der Waals surface area contributed by atoms with Crippen LogP contribution in [0.2, 0.25) is 5.02 Å². The second-order valence-electron chi connectivity index (χ2n) is 5.75. The molecule has 0 aliphatic heterocycles. The number of urea groups is 1. The topological polar surface area (TPSA) is 76.0 Å². The molecule has 126 valence electrons. The Morgan fingerprint density at radius 3 is 2.88 bits per heavy atom. The molecule has 1 aromatic heterocycles. The van der Waals surface area contributed by atoms with Crippen LogP contribution in [0.15, 0.2) is 35.1 Å². The summed E-state index contributed by atoms with van der Waals surface area (Å²) in [6.45, 7) is 0.643. The van der Waals surface area contributed by atoms with Crippen molar-refractivity contribution in [3.05, 3.63) is 57.0 Å². The van der Waals surface area contributed by atoms with Crippen LogP contribution in [-0.2, 0) is 19.4 Å². The van der Waals surface area contributed by atoms with Gasteiger partial charge < -0.3 is 10.6 Å². The van der Waals surface area contributed by atoms with Crippen LogP contribution < -0.4 is 16.2 Å². The van der Waals surface area contributed by atoms with Gasteiger partial charge in [-0.05, 0) is 43.4 Å². The van der Waals surface area contributed by atoms with E-state index in [0.717, 1.165) is 36.9 Å². The first-order valence-electron chi connectivity index (χ1n) is 8.03. The van der Waals surface area contributed by atoms with Crippen LogP contribution in [0.3, 0.4) is 0 Å². The van der Waals surface area contributed by atoms with E-state index < -0.39 is 0 Å². The Labute approximate surface area is 144 Å². The number of aromatic nitrogens is 2. The number of amides is 2. The lowest BCUT2D eigenvalue weighted by Crippen LogP contribution is -2.35. The maximum atomic E-state index is 12.1. The van der Waals surface area contributed by atoms with E-state index in [4.69, 9.17) is 11.6 Å². The van der Waals surface area contributed by atoms with Gasteiger partial charge in [-0.25, -0.2) is 9.48 Å². The third-order valence-electron chi connectivity index (χ3n) is 4.01. The summed E-state index contributed by atoms with van der Waals surface area (Å²) in [5.74, 6) is 0. The highest BCUT2D eigenvalue weighted by atomic mass is 35.5. The van der Waals surface area contributed by atoms with Gasteiger partial charge in [0.1, 0.15) is 0 Å². The van der Waals surface area contributed by atoms with Crippen LogP contribution in [-0.4, -0.2) is 22.4 Å². The van der Waals surface area contributed by atoms with Crippen LogP contribution in [0.1, 0.15) is 24.1 Å². The Bertz CT molecular complexity index is 803. The van der Waals surface area contributed by atoms with Gasteiger partial charge in [0.2, 0.25) is 0 Å². The summed E-state index contributed by atoms with van der Waals surface area (Å²) < 4.78 is 1.42. The molecule has 0 bridgehead atoms. The zero-order valence-electron chi connectivity index (χ0n) is 13.2. The Kier molecular flexibility index (Phi) is 5.15. The van der Waals surface area contributed by atoms with Crippen molar-refractivity contribution in [3.63, 3.8) is 0 Å². The van der Waals surface area contributed by atoms with Crippen molar-refractivity contribution >= 4 is 23.3 Å². The van der Waals surface area contributed by atoms with Gasteiger partial charge >= 0.3 is 6.03 Å². The number of nitrogens with zero attached hydrogens (tertiary/aromatic N) is 2. The molecular formula is C17H19ClN4O2. The predicted molar refractivity (Wildman–Crippen MR) is 93.6 cm³/mol. The van der Waals surface area contributed by atoms with E-state index in [1.807, 2.05) is 0 Å². The number of hydrogen-bond acceptors (Lipinski definition) is 3. The van der Waals surface area contributed by atoms with Crippen molar-refractivity contribution in [2.24, 2.45) is 0 Å². The minimum Gasteiger partial charge on any atom is -0.336 e. The highest BCUT2D eigenvalue weighted by Gasteiger charge is 2.13. The number of nitrogens with one attached hydrogen (secondary N) is 2. The number of para-hydroxylation sites is 1. The van der Waals surface area contributed by atoms with E-state index in [1.54, 1.807) is 30.3 Å². The second kappa shape index (κ2) is 7.49. The van der Waals surface area contributed by atoms with Gasteiger partial charge in [-0.3, -0.25) is 4.79 Å². The molecule has 0 saturated carbocycles. The third kappa shape index (κ3) is 3.94. The Morgan fingerprint density at radius 1 is 1.25 bits per heavy atom. The smallest absolute Gasteiger partial charge is 0.319 e. The molecule has 0 saturated heterocycles. The van der Waals surface area contributed by atoms with Crippen molar-refractivity contribution in [1.29, 1.82) is 0 Å². The van der Waals surface area contributed by atoms with Crippen molar-refractivity contribution in [1.82, 2.24) is 15.1 Å². The molecule has 1 aromatic carbocycles. The molecule has 0 spiro atoms. The minimum atomic E-state index is -0.367. The van der Waals surface area contributed by atoms with E-state index >= 15 is 0 Å². The molecule has 6 nitrogen and oxygen atoms in total. The summed E-state index contributed by atoms with van der Waals surface area (Å²) in [4.78, 5) is 23.9. The number of fused-ring (bicyclic) bond motifs is 1. The number of benzene rings is 1. The quantitative estimate of drug-likeness (QED) is 0.893. The first-order valence-corrected chi connectivity index (χ1v) is 8.40. The van der Waals surface area contributed by atoms with Crippen LogP contribution in [0.5, 0.6) is 0 Å². The molecule has 3 rings (SSSR count). The Balaban J connectivity index is 1.56. The maximum Gasteiger partial charge on any atom is 0.319 e. The SMILES string of the molecule is O=C(NCCn1nc2c(cc1=O)CCCC2)Nc1ccccc1Cl. The van der Waals surface area contributed by atoms with Gasteiger partial charge in [-0.1, -0.05) is 23.7 Å². The molecule has 2 amide bonds. The standard InChI is InChI=1S/C17H19ClN4O2/c18-13-6-2-4-8-15(13)20-17(24)19-9-10-22-16(23)11-12-5-1-3-7-14(12)21-22/h2,4,6,8,11H,1,3,5,7,9-10H2,(H2,19,20,24). The molecule has 1 aliphatic rings. The second-order valence-corrected chi connectivity index (χ2v) is 6.15. The Morgan fingerprint density at radius 2 is 2.04 bits per heavy atom. The molecule has 7 heteroatoms. The summed E-state index contributed by atoms with van der Waals surface area (Å²) in [7, 11) is 0. The molecule has 2 N–H and O–H groups in total. The zero-order chi connectivity index (χ0) is 16.9. The average molecular weight is 347 g/mol. The summed E-state index contributed by atoms with van der Waals surface area (Å²) in [6, 6.07) is 8.31. The van der Waals surface area contributed by atoms with E-state index in [1.165, 1.54) is 4.68 Å². The van der Waals surface area contributed by atoms with Crippen LogP contribution in [0.4, 0.5) is 10.5 Å². The average Bonchev–Trinajstić information content (AvgIpc) is 2.57. The Hall–Kier alpha value is -2.34. The third-order valence-corrected chi connectivity index (χ3v) is 4.33. The fraction of sp³-hybridized carbons (Fsp3) is 0.353. The predicted octanol–water partition coefficient (Wildman–Crippen LogP) is 2.60. The monoisotopic (exact) mass is 346 g/mol. The molecule has 1 aliphatic carbocycles. The highest BCUT2D eigenvalue weighted by Crippen LogP contribution is 2.20. The zero-order valence-corrected chi connectivity index (χ0v) is 14.0. The van der Waals surface area contributed by atoms with Crippen molar-refractivity contribution in [2.75, 3.05) is 11.9 Å². The molecule has 0 radical (unpaired) electrons. The molecule has 2 aromatic rings. The van der Waals surface area contributed by atoms with Gasteiger partial charge in [0.05, 0.1) is 22.9 Å². The lowest BCUT2D eigenvalue weighted by atomic mass is 9.97. The number of hydrogen-bond donors (Lipinski definition) is 2. The van der Waals surface area contributed by atoms with Gasteiger partial charge in [0.15, 0.2) is 0 Å². The largest absolute Gasteiger partial charge is 0.336 e. The number of carbonyl (C=O) groups is 1. The maximum absolute atomic E-state index is 12.1. The summed E-state index contributed by atoms with van der Waals surface area (Å²) in [5, 5.41) is 10.3. The van der Waals surface area contributed by atoms with Gasteiger partial charge in [-0.2, -0.15) is 5.10 Å². The van der Waals surface area contributed by atoms with Gasteiger partial charge in [0, 0.05) is 12.6 Å². The van der Waals surface area contributed by atoms with E-state index in [0.29, 0.717) is 23.8 Å². The van der Waals surface area contributed by atoms with Crippen molar-refractivity contribution in [3.8, 4) is 0 Å². The number of aryl methyl sites for hydroxylation is 2. The van der Waals surface area contributed by atoms with Crippen molar-refractivity contribution in [2.45, 2.75) is 32.2 Å². The van der Waals surface area contributed by atoms with Gasteiger partial charge in [-0.15, -0.1) is 0 Å². The number of carbonyl (C=O) groups excluding carboxylic acids is 1. The summed E-state index contributed by atoms with van der Waals surface area (Å²) in [6.07, 6.45) is 4.06. The van der Waals surface area contributed by atoms with Crippen molar-refractivity contribution < 1.29 is 4.79 Å². The normalized spacial score (nSPS) is 13.2. The lowest BCUT2D eigenvalue weighted by molar-refractivity contribution is 0.251. The molecule has 1 heterocycles. The van der Waals surface area contributed by atoms with Crippen LogP contribution in [0.25, 0.3) is 0 Å². The first kappa shape index (κ1) is 16.5. The molecule has 0 unspecified atom stereocenters.